The van der Waals surface area contributed by atoms with Gasteiger partial charge < -0.3 is 10.1 Å². The number of ether oxygens (including phenoxy) is 1. The van der Waals surface area contributed by atoms with Crippen molar-refractivity contribution in [2.75, 3.05) is 13.7 Å². The molecule has 0 aromatic heterocycles. The smallest absolute Gasteiger partial charge is 0.0634 e. The van der Waals surface area contributed by atoms with Gasteiger partial charge in [0, 0.05) is 13.2 Å². The Morgan fingerprint density at radius 2 is 1.88 bits per heavy atom. The van der Waals surface area contributed by atoms with Crippen LogP contribution in [0.25, 0.3) is 0 Å². The van der Waals surface area contributed by atoms with Gasteiger partial charge in [0.2, 0.25) is 0 Å². The number of hydrogen-bond donors (Lipinski definition) is 1. The van der Waals surface area contributed by atoms with Gasteiger partial charge in [0.05, 0.1) is 5.60 Å². The second kappa shape index (κ2) is 6.77. The third-order valence-electron chi connectivity index (χ3n) is 3.16. The summed E-state index contributed by atoms with van der Waals surface area (Å²) in [6, 6.07) is 11.1. The highest BCUT2D eigenvalue weighted by Crippen LogP contribution is 2.11. The van der Waals surface area contributed by atoms with Crippen molar-refractivity contribution in [3.05, 3.63) is 35.9 Å². The standard InChI is InChI=1S/C15H25NO/c1-13(12-14-8-6-5-7-9-14)16-11-10-15(2,3)17-4/h5-9,13,16H,10-12H2,1-4H3. The zero-order valence-corrected chi connectivity index (χ0v) is 11.5. The van der Waals surface area contributed by atoms with E-state index in [2.05, 4.69) is 56.4 Å². The van der Waals surface area contributed by atoms with Crippen molar-refractivity contribution in [3.8, 4) is 0 Å². The van der Waals surface area contributed by atoms with Crippen molar-refractivity contribution in [1.82, 2.24) is 5.32 Å². The number of rotatable bonds is 7. The fraction of sp³-hybridized carbons (Fsp3) is 0.600. The van der Waals surface area contributed by atoms with Gasteiger partial charge in [-0.3, -0.25) is 0 Å². The molecule has 0 aliphatic carbocycles. The van der Waals surface area contributed by atoms with Crippen molar-refractivity contribution in [1.29, 1.82) is 0 Å². The molecule has 1 atom stereocenters. The van der Waals surface area contributed by atoms with Crippen LogP contribution in [0.4, 0.5) is 0 Å². The number of benzene rings is 1. The second-order valence-electron chi connectivity index (χ2n) is 5.26. The van der Waals surface area contributed by atoms with Crippen molar-refractivity contribution >= 4 is 0 Å². The van der Waals surface area contributed by atoms with Crippen LogP contribution < -0.4 is 5.32 Å². The maximum absolute atomic E-state index is 5.40. The summed E-state index contributed by atoms with van der Waals surface area (Å²) in [5, 5.41) is 3.54. The minimum atomic E-state index is -0.0283. The number of methoxy groups -OCH3 is 1. The lowest BCUT2D eigenvalue weighted by atomic mass is 10.0. The summed E-state index contributed by atoms with van der Waals surface area (Å²) < 4.78 is 5.40. The third kappa shape index (κ3) is 5.85. The number of nitrogens with one attached hydrogen (secondary N) is 1. The van der Waals surface area contributed by atoms with Crippen LogP contribution >= 0.6 is 0 Å². The summed E-state index contributed by atoms with van der Waals surface area (Å²) in [4.78, 5) is 0. The van der Waals surface area contributed by atoms with Gasteiger partial charge in [-0.2, -0.15) is 0 Å². The SMILES string of the molecule is COC(C)(C)CCNC(C)Cc1ccccc1. The Labute approximate surface area is 105 Å². The first kappa shape index (κ1) is 14.2. The van der Waals surface area contributed by atoms with Crippen LogP contribution in [0.15, 0.2) is 30.3 Å². The summed E-state index contributed by atoms with van der Waals surface area (Å²) in [7, 11) is 1.77. The molecule has 0 bridgehead atoms. The van der Waals surface area contributed by atoms with Crippen LogP contribution in [0.5, 0.6) is 0 Å². The first-order valence-electron chi connectivity index (χ1n) is 6.36. The van der Waals surface area contributed by atoms with Crippen LogP contribution in [0.1, 0.15) is 32.8 Å². The molecule has 0 saturated carbocycles. The molecule has 17 heavy (non-hydrogen) atoms. The van der Waals surface area contributed by atoms with Crippen LogP contribution in [0, 0.1) is 0 Å². The molecule has 1 rings (SSSR count). The maximum Gasteiger partial charge on any atom is 0.0634 e. The van der Waals surface area contributed by atoms with Crippen molar-refractivity contribution in [2.24, 2.45) is 0 Å². The zero-order valence-electron chi connectivity index (χ0n) is 11.5. The van der Waals surface area contributed by atoms with Crippen LogP contribution in [0.2, 0.25) is 0 Å². The first-order chi connectivity index (χ1) is 8.03. The first-order valence-corrected chi connectivity index (χ1v) is 6.36. The van der Waals surface area contributed by atoms with E-state index in [1.54, 1.807) is 7.11 Å². The molecular formula is C15H25NO. The van der Waals surface area contributed by atoms with Gasteiger partial charge in [0.1, 0.15) is 0 Å². The van der Waals surface area contributed by atoms with E-state index in [-0.39, 0.29) is 5.60 Å². The average Bonchev–Trinajstić information content (AvgIpc) is 2.30. The molecule has 1 aromatic carbocycles. The third-order valence-corrected chi connectivity index (χ3v) is 3.16. The lowest BCUT2D eigenvalue weighted by Gasteiger charge is -2.24. The summed E-state index contributed by atoms with van der Waals surface area (Å²) in [5.41, 5.74) is 1.36. The van der Waals surface area contributed by atoms with Gasteiger partial charge in [-0.05, 0) is 45.7 Å². The maximum atomic E-state index is 5.40. The van der Waals surface area contributed by atoms with Gasteiger partial charge >= 0.3 is 0 Å². The molecule has 0 saturated heterocycles. The van der Waals surface area contributed by atoms with E-state index in [9.17, 15) is 0 Å². The normalized spacial score (nSPS) is 13.6. The molecule has 2 nitrogen and oxygen atoms in total. The molecule has 96 valence electrons. The van der Waals surface area contributed by atoms with Crippen molar-refractivity contribution in [2.45, 2.75) is 45.3 Å². The van der Waals surface area contributed by atoms with Gasteiger partial charge in [-0.1, -0.05) is 30.3 Å². The number of hydrogen-bond acceptors (Lipinski definition) is 2. The summed E-state index contributed by atoms with van der Waals surface area (Å²) in [5.74, 6) is 0. The molecule has 1 N–H and O–H groups in total. The molecule has 0 radical (unpaired) electrons. The molecule has 0 heterocycles. The molecule has 1 unspecified atom stereocenters. The van der Waals surface area contributed by atoms with Crippen molar-refractivity contribution < 1.29 is 4.74 Å². The largest absolute Gasteiger partial charge is 0.379 e. The Bertz CT molecular complexity index is 308. The monoisotopic (exact) mass is 235 g/mol. The molecule has 2 heteroatoms. The van der Waals surface area contributed by atoms with E-state index in [0.29, 0.717) is 6.04 Å². The van der Waals surface area contributed by atoms with E-state index in [1.807, 2.05) is 0 Å². The fourth-order valence-corrected chi connectivity index (χ4v) is 1.76. The van der Waals surface area contributed by atoms with E-state index in [0.717, 1.165) is 19.4 Å². The molecule has 0 aliphatic heterocycles. The lowest BCUT2D eigenvalue weighted by molar-refractivity contribution is 0.0154. The topological polar surface area (TPSA) is 21.3 Å². The summed E-state index contributed by atoms with van der Waals surface area (Å²) >= 11 is 0. The Kier molecular flexibility index (Phi) is 5.66. The highest BCUT2D eigenvalue weighted by molar-refractivity contribution is 5.15. The van der Waals surface area contributed by atoms with E-state index in [4.69, 9.17) is 4.74 Å². The Morgan fingerprint density at radius 1 is 1.24 bits per heavy atom. The molecule has 0 spiro atoms. The second-order valence-corrected chi connectivity index (χ2v) is 5.26. The van der Waals surface area contributed by atoms with Gasteiger partial charge in [0.15, 0.2) is 0 Å². The van der Waals surface area contributed by atoms with Gasteiger partial charge in [0.25, 0.3) is 0 Å². The summed E-state index contributed by atoms with van der Waals surface area (Å²) in [6.07, 6.45) is 2.11. The van der Waals surface area contributed by atoms with Gasteiger partial charge in [-0.25, -0.2) is 0 Å². The van der Waals surface area contributed by atoms with Crippen molar-refractivity contribution in [3.63, 3.8) is 0 Å². The average molecular weight is 235 g/mol. The minimum Gasteiger partial charge on any atom is -0.379 e. The highest BCUT2D eigenvalue weighted by Gasteiger charge is 2.15. The predicted octanol–water partition coefficient (Wildman–Crippen LogP) is 3.02. The summed E-state index contributed by atoms with van der Waals surface area (Å²) in [6.45, 7) is 7.47. The fourth-order valence-electron chi connectivity index (χ4n) is 1.76. The minimum absolute atomic E-state index is 0.0283. The zero-order chi connectivity index (χ0) is 12.7. The molecule has 0 amide bonds. The van der Waals surface area contributed by atoms with E-state index >= 15 is 0 Å². The Morgan fingerprint density at radius 3 is 2.47 bits per heavy atom. The molecular weight excluding hydrogens is 210 g/mol. The Balaban J connectivity index is 2.24. The van der Waals surface area contributed by atoms with Crippen LogP contribution in [-0.4, -0.2) is 25.3 Å². The molecule has 0 aliphatic rings. The molecule has 0 fully saturated rings. The van der Waals surface area contributed by atoms with E-state index < -0.39 is 0 Å². The lowest BCUT2D eigenvalue weighted by Crippen LogP contribution is -2.34. The van der Waals surface area contributed by atoms with Crippen LogP contribution in [-0.2, 0) is 11.2 Å². The van der Waals surface area contributed by atoms with Crippen LogP contribution in [0.3, 0.4) is 0 Å². The molecule has 1 aromatic rings. The quantitative estimate of drug-likeness (QED) is 0.784. The predicted molar refractivity (Wildman–Crippen MR) is 73.3 cm³/mol. The highest BCUT2D eigenvalue weighted by atomic mass is 16.5. The Hall–Kier alpha value is -0.860. The van der Waals surface area contributed by atoms with E-state index in [1.165, 1.54) is 5.56 Å². The van der Waals surface area contributed by atoms with Gasteiger partial charge in [-0.15, -0.1) is 0 Å².